The molecule has 1 N–H and O–H groups in total. The molecule has 0 saturated carbocycles. The molecule has 0 saturated heterocycles. The van der Waals surface area contributed by atoms with Crippen molar-refractivity contribution in [3.05, 3.63) is 18.0 Å². The van der Waals surface area contributed by atoms with Crippen molar-refractivity contribution in [1.29, 1.82) is 0 Å². The lowest BCUT2D eigenvalue weighted by Gasteiger charge is -2.06. The molecule has 1 heterocycles. The Morgan fingerprint density at radius 1 is 1.41 bits per heavy atom. The average Bonchev–Trinajstić information content (AvgIpc) is 2.57. The first kappa shape index (κ1) is 14.0. The fourth-order valence-electron chi connectivity index (χ4n) is 1.38. The second-order valence-corrected chi connectivity index (χ2v) is 4.48. The standard InChI is InChI=1S/C11H18F3N3/c1-9(2)3-5-15-7-10-4-6-17(16-10)8-11(12,13)14/h4,6,9,15H,3,5,7-8H2,1-2H3. The maximum absolute atomic E-state index is 12.1. The van der Waals surface area contributed by atoms with Crippen LogP contribution in [0.2, 0.25) is 0 Å². The Morgan fingerprint density at radius 2 is 2.12 bits per heavy atom. The summed E-state index contributed by atoms with van der Waals surface area (Å²) >= 11 is 0. The second kappa shape index (κ2) is 6.05. The van der Waals surface area contributed by atoms with E-state index in [9.17, 15) is 13.2 Å². The van der Waals surface area contributed by atoms with E-state index in [-0.39, 0.29) is 0 Å². The number of alkyl halides is 3. The highest BCUT2D eigenvalue weighted by Gasteiger charge is 2.28. The van der Waals surface area contributed by atoms with Crippen LogP contribution < -0.4 is 5.32 Å². The quantitative estimate of drug-likeness (QED) is 0.785. The van der Waals surface area contributed by atoms with Crippen LogP contribution in [0.1, 0.15) is 26.0 Å². The van der Waals surface area contributed by atoms with Crippen LogP contribution in [-0.2, 0) is 13.1 Å². The fourth-order valence-corrected chi connectivity index (χ4v) is 1.38. The van der Waals surface area contributed by atoms with Crippen LogP contribution in [0, 0.1) is 5.92 Å². The number of hydrogen-bond acceptors (Lipinski definition) is 2. The van der Waals surface area contributed by atoms with E-state index in [1.54, 1.807) is 6.07 Å². The molecule has 0 fully saturated rings. The average molecular weight is 249 g/mol. The number of rotatable bonds is 6. The highest BCUT2D eigenvalue weighted by atomic mass is 19.4. The highest BCUT2D eigenvalue weighted by Crippen LogP contribution is 2.16. The third-order valence-electron chi connectivity index (χ3n) is 2.24. The van der Waals surface area contributed by atoms with Gasteiger partial charge in [0.25, 0.3) is 0 Å². The van der Waals surface area contributed by atoms with Crippen LogP contribution in [0.25, 0.3) is 0 Å². The van der Waals surface area contributed by atoms with Crippen LogP contribution in [-0.4, -0.2) is 22.5 Å². The van der Waals surface area contributed by atoms with Gasteiger partial charge >= 0.3 is 6.18 Å². The van der Waals surface area contributed by atoms with Gasteiger partial charge in [0.15, 0.2) is 0 Å². The lowest BCUT2D eigenvalue weighted by molar-refractivity contribution is -0.142. The predicted octanol–water partition coefficient (Wildman–Crippen LogP) is 2.58. The van der Waals surface area contributed by atoms with Crippen LogP contribution >= 0.6 is 0 Å². The van der Waals surface area contributed by atoms with Crippen molar-refractivity contribution in [3.63, 3.8) is 0 Å². The van der Waals surface area contributed by atoms with Crippen molar-refractivity contribution in [1.82, 2.24) is 15.1 Å². The normalized spacial score (nSPS) is 12.4. The van der Waals surface area contributed by atoms with Crippen molar-refractivity contribution in [2.24, 2.45) is 5.92 Å². The van der Waals surface area contributed by atoms with E-state index in [0.29, 0.717) is 18.2 Å². The fraction of sp³-hybridized carbons (Fsp3) is 0.727. The van der Waals surface area contributed by atoms with Gasteiger partial charge in [-0.25, -0.2) is 0 Å². The van der Waals surface area contributed by atoms with E-state index in [1.807, 2.05) is 0 Å². The molecule has 0 bridgehead atoms. The molecule has 3 nitrogen and oxygen atoms in total. The van der Waals surface area contributed by atoms with Crippen LogP contribution in [0.3, 0.4) is 0 Å². The van der Waals surface area contributed by atoms with Crippen LogP contribution in [0.15, 0.2) is 12.3 Å². The first-order valence-corrected chi connectivity index (χ1v) is 5.66. The molecule has 0 unspecified atom stereocenters. The lowest BCUT2D eigenvalue weighted by atomic mass is 10.1. The van der Waals surface area contributed by atoms with Crippen molar-refractivity contribution in [2.75, 3.05) is 6.54 Å². The summed E-state index contributed by atoms with van der Waals surface area (Å²) in [7, 11) is 0. The van der Waals surface area contributed by atoms with E-state index in [0.717, 1.165) is 17.6 Å². The topological polar surface area (TPSA) is 29.9 Å². The summed E-state index contributed by atoms with van der Waals surface area (Å²) in [5.41, 5.74) is 0.637. The third kappa shape index (κ3) is 6.31. The van der Waals surface area contributed by atoms with E-state index in [2.05, 4.69) is 24.3 Å². The zero-order valence-corrected chi connectivity index (χ0v) is 10.1. The molecular formula is C11H18F3N3. The molecule has 1 rings (SSSR count). The molecule has 0 aliphatic carbocycles. The van der Waals surface area contributed by atoms with Gasteiger partial charge in [0.1, 0.15) is 6.54 Å². The Balaban J connectivity index is 2.31. The first-order valence-electron chi connectivity index (χ1n) is 5.66. The summed E-state index contributed by atoms with van der Waals surface area (Å²) < 4.78 is 37.1. The van der Waals surface area contributed by atoms with Gasteiger partial charge in [0.2, 0.25) is 0 Å². The van der Waals surface area contributed by atoms with Crippen molar-refractivity contribution < 1.29 is 13.2 Å². The molecule has 1 aromatic rings. The molecule has 0 atom stereocenters. The molecule has 1 aromatic heterocycles. The monoisotopic (exact) mass is 249 g/mol. The van der Waals surface area contributed by atoms with Gasteiger partial charge in [-0.05, 0) is 24.9 Å². The first-order chi connectivity index (χ1) is 7.87. The minimum atomic E-state index is -4.21. The molecule has 6 heteroatoms. The van der Waals surface area contributed by atoms with Gasteiger partial charge in [-0.15, -0.1) is 0 Å². The lowest BCUT2D eigenvalue weighted by Crippen LogP contribution is -2.19. The summed E-state index contributed by atoms with van der Waals surface area (Å²) in [6.07, 6.45) is -1.81. The predicted molar refractivity (Wildman–Crippen MR) is 59.4 cm³/mol. The number of nitrogens with zero attached hydrogens (tertiary/aromatic N) is 2. The third-order valence-corrected chi connectivity index (χ3v) is 2.24. The maximum atomic E-state index is 12.1. The molecule has 98 valence electrons. The van der Waals surface area contributed by atoms with Crippen molar-refractivity contribution in [3.8, 4) is 0 Å². The molecule has 0 aromatic carbocycles. The van der Waals surface area contributed by atoms with Gasteiger partial charge in [-0.1, -0.05) is 13.8 Å². The zero-order valence-electron chi connectivity index (χ0n) is 10.1. The van der Waals surface area contributed by atoms with Crippen molar-refractivity contribution >= 4 is 0 Å². The zero-order chi connectivity index (χ0) is 12.9. The van der Waals surface area contributed by atoms with Gasteiger partial charge in [0, 0.05) is 12.7 Å². The number of halogens is 3. The minimum absolute atomic E-state index is 0.511. The van der Waals surface area contributed by atoms with E-state index >= 15 is 0 Å². The molecule has 0 aliphatic heterocycles. The van der Waals surface area contributed by atoms with Crippen molar-refractivity contribution in [2.45, 2.75) is 39.5 Å². The van der Waals surface area contributed by atoms with Gasteiger partial charge in [-0.2, -0.15) is 18.3 Å². The van der Waals surface area contributed by atoms with Gasteiger partial charge < -0.3 is 5.32 Å². The number of nitrogens with one attached hydrogen (secondary N) is 1. The Labute approximate surface area is 99.0 Å². The van der Waals surface area contributed by atoms with Gasteiger partial charge in [-0.3, -0.25) is 4.68 Å². The maximum Gasteiger partial charge on any atom is 0.408 e. The summed E-state index contributed by atoms with van der Waals surface area (Å²) in [6, 6.07) is 1.61. The van der Waals surface area contributed by atoms with Crippen LogP contribution in [0.4, 0.5) is 13.2 Å². The summed E-state index contributed by atoms with van der Waals surface area (Å²) in [4.78, 5) is 0. The largest absolute Gasteiger partial charge is 0.408 e. The highest BCUT2D eigenvalue weighted by molar-refractivity contribution is 4.98. The number of hydrogen-bond donors (Lipinski definition) is 1. The molecule has 0 aliphatic rings. The Kier molecular flexibility index (Phi) is 4.99. The molecular weight excluding hydrogens is 231 g/mol. The smallest absolute Gasteiger partial charge is 0.311 e. The molecule has 0 amide bonds. The summed E-state index contributed by atoms with van der Waals surface area (Å²) in [5.74, 6) is 0.616. The summed E-state index contributed by atoms with van der Waals surface area (Å²) in [5, 5.41) is 7.00. The second-order valence-electron chi connectivity index (χ2n) is 4.48. The Hall–Kier alpha value is -1.04. The van der Waals surface area contributed by atoms with E-state index in [1.165, 1.54) is 6.20 Å². The molecule has 0 radical (unpaired) electrons. The Morgan fingerprint density at radius 3 is 2.71 bits per heavy atom. The van der Waals surface area contributed by atoms with Gasteiger partial charge in [0.05, 0.1) is 5.69 Å². The Bertz CT molecular complexity index is 331. The van der Waals surface area contributed by atoms with E-state index < -0.39 is 12.7 Å². The van der Waals surface area contributed by atoms with Crippen LogP contribution in [0.5, 0.6) is 0 Å². The minimum Gasteiger partial charge on any atom is -0.311 e. The SMILES string of the molecule is CC(C)CCNCc1ccn(CC(F)(F)F)n1. The number of aromatic nitrogens is 2. The molecule has 17 heavy (non-hydrogen) atoms. The molecule has 0 spiro atoms. The van der Waals surface area contributed by atoms with E-state index in [4.69, 9.17) is 0 Å². The summed E-state index contributed by atoms with van der Waals surface area (Å²) in [6.45, 7) is 4.58.